The molecule has 56 heavy (non-hydrogen) atoms. The van der Waals surface area contributed by atoms with Gasteiger partial charge in [-0.1, -0.05) is 145 Å². The zero-order valence-electron chi connectivity index (χ0n) is 33.0. The largest absolute Gasteiger partial charge is 0.236 e. The summed E-state index contributed by atoms with van der Waals surface area (Å²) in [5, 5.41) is 1.14. The summed E-state index contributed by atoms with van der Waals surface area (Å²) in [5.41, 5.74) is 23.9. The van der Waals surface area contributed by atoms with Gasteiger partial charge in [0.25, 0.3) is 0 Å². The smallest absolute Gasteiger partial charge is 0.124 e. The number of thiazole rings is 1. The van der Waals surface area contributed by atoms with E-state index in [0.29, 0.717) is 0 Å². The molecule has 1 aromatic heterocycles. The lowest BCUT2D eigenvalue weighted by Crippen LogP contribution is -2.17. The van der Waals surface area contributed by atoms with E-state index in [1.54, 1.807) is 0 Å². The standard InChI is InChI=1S/C54H45NS/c1-52(2)43-26-33(17-16-32-18-21-35(22-19-32)34-12-8-7-9-13-34)20-24-37(43)39-28-47-41(30-45(39)52)42-31-46-40(29-48(42)54(47,5)6)38-25-23-36(27-44(38)53(46,3)4)51-55-49-14-10-11-15-50(49)56-51/h7-10,12-14,16-31H,11,15H2,1-6H3/b17-16+. The van der Waals surface area contributed by atoms with Crippen LogP contribution in [0.25, 0.3) is 73.3 Å². The first-order valence-corrected chi connectivity index (χ1v) is 21.0. The molecule has 0 N–H and O–H groups in total. The Bertz CT molecular complexity index is 2860. The average molecular weight is 740 g/mol. The van der Waals surface area contributed by atoms with E-state index in [4.69, 9.17) is 4.98 Å². The summed E-state index contributed by atoms with van der Waals surface area (Å²) in [6, 6.07) is 43.8. The molecule has 11 rings (SSSR count). The molecular formula is C54H45NS. The number of benzene rings is 6. The number of nitrogens with zero attached hydrogens (tertiary/aromatic N) is 1. The van der Waals surface area contributed by atoms with Crippen LogP contribution in [0.5, 0.6) is 0 Å². The minimum absolute atomic E-state index is 0.110. The van der Waals surface area contributed by atoms with Crippen molar-refractivity contribution in [3.8, 4) is 55.1 Å². The Balaban J connectivity index is 0.936. The van der Waals surface area contributed by atoms with Crippen molar-refractivity contribution in [2.24, 2.45) is 0 Å². The molecular weight excluding hydrogens is 695 g/mol. The van der Waals surface area contributed by atoms with Crippen LogP contribution in [-0.4, -0.2) is 4.98 Å². The molecule has 1 heterocycles. The van der Waals surface area contributed by atoms with E-state index in [2.05, 4.69) is 181 Å². The molecule has 2 heteroatoms. The van der Waals surface area contributed by atoms with Crippen molar-refractivity contribution in [2.45, 2.75) is 70.6 Å². The highest BCUT2D eigenvalue weighted by Crippen LogP contribution is 2.59. The lowest BCUT2D eigenvalue weighted by molar-refractivity contribution is 0.649. The molecule has 0 radical (unpaired) electrons. The fourth-order valence-corrected chi connectivity index (χ4v) is 11.3. The molecule has 0 saturated carbocycles. The van der Waals surface area contributed by atoms with Crippen LogP contribution in [0.15, 0.2) is 121 Å². The Labute approximate surface area is 335 Å². The number of rotatable bonds is 4. The maximum atomic E-state index is 5.06. The van der Waals surface area contributed by atoms with Gasteiger partial charge >= 0.3 is 0 Å². The van der Waals surface area contributed by atoms with Gasteiger partial charge in [0.2, 0.25) is 0 Å². The second-order valence-corrected chi connectivity index (χ2v) is 19.0. The van der Waals surface area contributed by atoms with Crippen LogP contribution in [0.3, 0.4) is 0 Å². The van der Waals surface area contributed by atoms with Crippen LogP contribution in [0.2, 0.25) is 0 Å². The molecule has 0 unspecified atom stereocenters. The second-order valence-electron chi connectivity index (χ2n) is 17.9. The third-order valence-corrected chi connectivity index (χ3v) is 14.7. The fourth-order valence-electron chi connectivity index (χ4n) is 10.3. The normalized spacial score (nSPS) is 16.9. The van der Waals surface area contributed by atoms with E-state index in [1.165, 1.54) is 99.5 Å². The molecule has 272 valence electrons. The summed E-state index contributed by atoms with van der Waals surface area (Å²) in [6.07, 6.45) is 11.2. The molecule has 1 nitrogen and oxygen atoms in total. The Morgan fingerprint density at radius 3 is 1.57 bits per heavy atom. The summed E-state index contributed by atoms with van der Waals surface area (Å²) in [6.45, 7) is 14.5. The van der Waals surface area contributed by atoms with E-state index >= 15 is 0 Å². The first kappa shape index (κ1) is 33.7. The summed E-state index contributed by atoms with van der Waals surface area (Å²) < 4.78 is 0. The third-order valence-electron chi connectivity index (χ3n) is 13.6. The predicted octanol–water partition coefficient (Wildman–Crippen LogP) is 14.5. The van der Waals surface area contributed by atoms with E-state index in [1.807, 2.05) is 11.3 Å². The Hall–Kier alpha value is -5.57. The zero-order chi connectivity index (χ0) is 38.1. The molecule has 0 spiro atoms. The van der Waals surface area contributed by atoms with Crippen LogP contribution in [0.4, 0.5) is 0 Å². The Kier molecular flexibility index (Phi) is 7.07. The van der Waals surface area contributed by atoms with Gasteiger partial charge in [0.05, 0.1) is 5.69 Å². The van der Waals surface area contributed by atoms with Crippen molar-refractivity contribution in [2.75, 3.05) is 0 Å². The van der Waals surface area contributed by atoms with Gasteiger partial charge in [0.15, 0.2) is 0 Å². The molecule has 0 aliphatic heterocycles. The van der Waals surface area contributed by atoms with Gasteiger partial charge in [-0.25, -0.2) is 4.98 Å². The van der Waals surface area contributed by atoms with Crippen LogP contribution >= 0.6 is 11.3 Å². The van der Waals surface area contributed by atoms with Gasteiger partial charge in [0, 0.05) is 26.7 Å². The Morgan fingerprint density at radius 1 is 0.482 bits per heavy atom. The van der Waals surface area contributed by atoms with Gasteiger partial charge in [-0.05, 0) is 138 Å². The maximum absolute atomic E-state index is 5.06. The van der Waals surface area contributed by atoms with Gasteiger partial charge < -0.3 is 0 Å². The van der Waals surface area contributed by atoms with Crippen LogP contribution in [0.1, 0.15) is 103 Å². The van der Waals surface area contributed by atoms with Crippen LogP contribution in [0, 0.1) is 0 Å². The molecule has 0 amide bonds. The minimum Gasteiger partial charge on any atom is -0.236 e. The van der Waals surface area contributed by atoms with E-state index < -0.39 is 0 Å². The first-order valence-electron chi connectivity index (χ1n) is 20.2. The Morgan fingerprint density at radius 2 is 0.964 bits per heavy atom. The molecule has 0 fully saturated rings. The summed E-state index contributed by atoms with van der Waals surface area (Å²) in [4.78, 5) is 6.48. The zero-order valence-corrected chi connectivity index (χ0v) is 33.9. The van der Waals surface area contributed by atoms with Crippen molar-refractivity contribution in [1.29, 1.82) is 0 Å². The van der Waals surface area contributed by atoms with Crippen molar-refractivity contribution in [3.05, 3.63) is 176 Å². The van der Waals surface area contributed by atoms with Crippen molar-refractivity contribution < 1.29 is 0 Å². The van der Waals surface area contributed by atoms with Crippen molar-refractivity contribution in [1.82, 2.24) is 4.98 Å². The number of aryl methyl sites for hydroxylation is 1. The lowest BCUT2D eigenvalue weighted by Gasteiger charge is -2.25. The van der Waals surface area contributed by atoms with Crippen LogP contribution in [-0.2, 0) is 22.7 Å². The summed E-state index contributed by atoms with van der Waals surface area (Å²) in [7, 11) is 0. The molecule has 4 aliphatic carbocycles. The van der Waals surface area contributed by atoms with Gasteiger partial charge in [-0.3, -0.25) is 0 Å². The molecule has 7 aromatic rings. The lowest BCUT2D eigenvalue weighted by atomic mass is 9.78. The van der Waals surface area contributed by atoms with Gasteiger partial charge in [0.1, 0.15) is 5.01 Å². The summed E-state index contributed by atoms with van der Waals surface area (Å²) >= 11 is 1.87. The van der Waals surface area contributed by atoms with E-state index in [0.717, 1.165) is 23.5 Å². The topological polar surface area (TPSA) is 12.9 Å². The number of aromatic nitrogens is 1. The quantitative estimate of drug-likeness (QED) is 0.164. The van der Waals surface area contributed by atoms with Gasteiger partial charge in [-0.15, -0.1) is 11.3 Å². The summed E-state index contributed by atoms with van der Waals surface area (Å²) in [5.74, 6) is 0. The van der Waals surface area contributed by atoms with Crippen LogP contribution < -0.4 is 0 Å². The third kappa shape index (κ3) is 4.81. The average Bonchev–Trinajstić information content (AvgIpc) is 3.88. The molecule has 0 bridgehead atoms. The maximum Gasteiger partial charge on any atom is 0.124 e. The molecule has 6 aromatic carbocycles. The highest BCUT2D eigenvalue weighted by molar-refractivity contribution is 7.15. The van der Waals surface area contributed by atoms with Crippen molar-refractivity contribution >= 4 is 29.6 Å². The van der Waals surface area contributed by atoms with E-state index in [9.17, 15) is 0 Å². The SMILES string of the molecule is CC1(C)c2cc(/C=C/c3ccc(-c4ccccc4)cc3)ccc2-c2cc3c(cc21)-c1cc2c(cc1C3(C)C)-c1ccc(-c3nc4c(s3)CCC=C4)cc1C2(C)C. The highest BCUT2D eigenvalue weighted by atomic mass is 32.1. The molecule has 4 aliphatic rings. The second kappa shape index (κ2) is 11.7. The molecule has 0 atom stereocenters. The predicted molar refractivity (Wildman–Crippen MR) is 238 cm³/mol. The number of fused-ring (bicyclic) bond motifs is 10. The van der Waals surface area contributed by atoms with Gasteiger partial charge in [-0.2, -0.15) is 0 Å². The van der Waals surface area contributed by atoms with E-state index in [-0.39, 0.29) is 16.2 Å². The monoisotopic (exact) mass is 739 g/mol. The fraction of sp³-hybridized carbons (Fsp3) is 0.204. The van der Waals surface area contributed by atoms with Crippen molar-refractivity contribution in [3.63, 3.8) is 0 Å². The number of hydrogen-bond donors (Lipinski definition) is 0. The number of hydrogen-bond acceptors (Lipinski definition) is 2. The first-order chi connectivity index (χ1) is 27.0. The minimum atomic E-state index is -0.112. The number of allylic oxidation sites excluding steroid dienone is 1. The molecule has 0 saturated heterocycles. The highest BCUT2D eigenvalue weighted by Gasteiger charge is 2.44.